The van der Waals surface area contributed by atoms with Crippen molar-refractivity contribution >= 4 is 16.9 Å². The van der Waals surface area contributed by atoms with Gasteiger partial charge in [0.1, 0.15) is 12.8 Å². The highest BCUT2D eigenvalue weighted by Crippen LogP contribution is 2.46. The molecule has 4 heterocycles. The van der Waals surface area contributed by atoms with Gasteiger partial charge >= 0.3 is 5.97 Å². The van der Waals surface area contributed by atoms with E-state index in [1.165, 1.54) is 16.6 Å². The smallest absolute Gasteiger partial charge is 0.334 e. The molecule has 2 aromatic rings. The number of esters is 1. The lowest BCUT2D eigenvalue weighted by Crippen LogP contribution is -2.33. The predicted molar refractivity (Wildman–Crippen MR) is 94.0 cm³/mol. The van der Waals surface area contributed by atoms with Crippen LogP contribution in [0.5, 0.6) is 0 Å². The zero-order chi connectivity index (χ0) is 17.1. The Hall–Kier alpha value is -2.11. The topological polar surface area (TPSA) is 54.7 Å². The van der Waals surface area contributed by atoms with Crippen LogP contribution in [0, 0.1) is 5.92 Å². The van der Waals surface area contributed by atoms with Gasteiger partial charge in [-0.05, 0) is 49.9 Å². The molecule has 0 amide bonds. The quantitative estimate of drug-likeness (QED) is 0.812. The number of aliphatic hydroxyl groups excluding tert-OH is 1. The lowest BCUT2D eigenvalue weighted by atomic mass is 9.86. The average Bonchev–Trinajstić information content (AvgIpc) is 3.13. The molecule has 130 valence electrons. The third-order valence-corrected chi connectivity index (χ3v) is 6.11. The van der Waals surface area contributed by atoms with Crippen LogP contribution in [-0.4, -0.2) is 40.7 Å². The van der Waals surface area contributed by atoms with Crippen molar-refractivity contribution in [2.24, 2.45) is 5.92 Å². The summed E-state index contributed by atoms with van der Waals surface area (Å²) in [6.07, 6.45) is 3.67. The van der Waals surface area contributed by atoms with Gasteiger partial charge in [-0.1, -0.05) is 18.2 Å². The van der Waals surface area contributed by atoms with Crippen LogP contribution in [0.4, 0.5) is 0 Å². The molecule has 0 saturated heterocycles. The number of carbonyl (C=O) groups excluding carboxylic acids is 1. The Kier molecular flexibility index (Phi) is 3.30. The Morgan fingerprint density at radius 1 is 1.24 bits per heavy atom. The molecule has 0 saturated carbocycles. The van der Waals surface area contributed by atoms with Crippen LogP contribution in [0.15, 0.2) is 35.9 Å². The van der Waals surface area contributed by atoms with Crippen LogP contribution < -0.4 is 0 Å². The molecular weight excluding hydrogens is 316 g/mol. The number of hydrogen-bond acceptors (Lipinski definition) is 4. The number of benzene rings is 1. The summed E-state index contributed by atoms with van der Waals surface area (Å²) in [6, 6.07) is 8.57. The van der Waals surface area contributed by atoms with E-state index in [0.717, 1.165) is 30.5 Å². The highest BCUT2D eigenvalue weighted by atomic mass is 16.5. The van der Waals surface area contributed by atoms with E-state index in [1.54, 1.807) is 0 Å². The number of hydrogen-bond donors (Lipinski definition) is 1. The van der Waals surface area contributed by atoms with Gasteiger partial charge in [0, 0.05) is 23.2 Å². The van der Waals surface area contributed by atoms with Crippen LogP contribution in [0.25, 0.3) is 10.9 Å². The highest BCUT2D eigenvalue weighted by molar-refractivity contribution is 5.91. The number of para-hydroxylation sites is 1. The predicted octanol–water partition coefficient (Wildman–Crippen LogP) is 2.55. The van der Waals surface area contributed by atoms with Gasteiger partial charge in [-0.3, -0.25) is 4.90 Å². The second kappa shape index (κ2) is 5.44. The van der Waals surface area contributed by atoms with Crippen molar-refractivity contribution in [1.29, 1.82) is 0 Å². The maximum Gasteiger partial charge on any atom is 0.334 e. The summed E-state index contributed by atoms with van der Waals surface area (Å²) < 4.78 is 7.24. The largest absolute Gasteiger partial charge is 0.458 e. The number of carbonyl (C=O) groups is 1. The van der Waals surface area contributed by atoms with Crippen LogP contribution in [0.1, 0.15) is 36.4 Å². The summed E-state index contributed by atoms with van der Waals surface area (Å²) in [5.41, 5.74) is 4.44. The molecular formula is C20H22N2O3. The maximum absolute atomic E-state index is 12.1. The monoisotopic (exact) mass is 338 g/mol. The van der Waals surface area contributed by atoms with Crippen molar-refractivity contribution in [1.82, 2.24) is 9.47 Å². The number of cyclic esters (lactones) is 1. The van der Waals surface area contributed by atoms with Crippen LogP contribution in [0.2, 0.25) is 0 Å². The Bertz CT molecular complexity index is 898. The zero-order valence-corrected chi connectivity index (χ0v) is 14.3. The minimum Gasteiger partial charge on any atom is -0.458 e. The van der Waals surface area contributed by atoms with Gasteiger partial charge in [0.2, 0.25) is 0 Å². The third-order valence-electron chi connectivity index (χ3n) is 6.11. The molecule has 3 aliphatic heterocycles. The summed E-state index contributed by atoms with van der Waals surface area (Å²) >= 11 is 0. The van der Waals surface area contributed by atoms with Gasteiger partial charge in [0.15, 0.2) is 0 Å². The second-order valence-electron chi connectivity index (χ2n) is 7.40. The number of likely N-dealkylation sites (N-methyl/N-ethyl adjacent to an activating group) is 1. The fourth-order valence-corrected chi connectivity index (χ4v) is 4.93. The van der Waals surface area contributed by atoms with E-state index in [0.29, 0.717) is 13.0 Å². The molecule has 0 aliphatic carbocycles. The first-order chi connectivity index (χ1) is 12.1. The van der Waals surface area contributed by atoms with E-state index < -0.39 is 6.23 Å². The molecule has 1 N–H and O–H groups in total. The van der Waals surface area contributed by atoms with Gasteiger partial charge < -0.3 is 14.4 Å². The second-order valence-corrected chi connectivity index (χ2v) is 7.40. The van der Waals surface area contributed by atoms with E-state index in [4.69, 9.17) is 4.74 Å². The van der Waals surface area contributed by atoms with Crippen molar-refractivity contribution in [3.05, 3.63) is 47.2 Å². The first kappa shape index (κ1) is 15.2. The number of rotatable bonds is 1. The SMILES string of the molecule is CN1CCc2c3n(c4ccccc24)C(O)CC(C2=CCOC2=O)CC31. The minimum atomic E-state index is -0.621. The Morgan fingerprint density at radius 2 is 2.08 bits per heavy atom. The van der Waals surface area contributed by atoms with Crippen molar-refractivity contribution in [2.75, 3.05) is 20.2 Å². The van der Waals surface area contributed by atoms with Crippen molar-refractivity contribution in [3.63, 3.8) is 0 Å². The molecule has 5 heteroatoms. The summed E-state index contributed by atoms with van der Waals surface area (Å²) in [7, 11) is 2.14. The summed E-state index contributed by atoms with van der Waals surface area (Å²) in [5.74, 6) is -0.186. The highest BCUT2D eigenvalue weighted by Gasteiger charge is 2.40. The fraction of sp³-hybridized carbons (Fsp3) is 0.450. The van der Waals surface area contributed by atoms with E-state index in [2.05, 4.69) is 34.7 Å². The molecule has 25 heavy (non-hydrogen) atoms. The van der Waals surface area contributed by atoms with Crippen molar-refractivity contribution in [3.8, 4) is 0 Å². The van der Waals surface area contributed by atoms with E-state index in [1.807, 2.05) is 12.1 Å². The number of aliphatic hydroxyl groups is 1. The molecule has 3 atom stereocenters. The van der Waals surface area contributed by atoms with Gasteiger partial charge in [0.25, 0.3) is 0 Å². The first-order valence-electron chi connectivity index (χ1n) is 9.02. The van der Waals surface area contributed by atoms with Crippen LogP contribution >= 0.6 is 0 Å². The molecule has 0 fully saturated rings. The average molecular weight is 338 g/mol. The normalized spacial score (nSPS) is 29.3. The summed E-state index contributed by atoms with van der Waals surface area (Å²) in [6.45, 7) is 1.36. The van der Waals surface area contributed by atoms with Gasteiger partial charge in [-0.25, -0.2) is 4.79 Å². The molecule has 3 unspecified atom stereocenters. The van der Waals surface area contributed by atoms with Crippen molar-refractivity contribution in [2.45, 2.75) is 31.5 Å². The van der Waals surface area contributed by atoms with E-state index in [9.17, 15) is 9.90 Å². The molecule has 1 aromatic heterocycles. The van der Waals surface area contributed by atoms with Crippen LogP contribution in [-0.2, 0) is 16.0 Å². The van der Waals surface area contributed by atoms with Gasteiger partial charge in [-0.15, -0.1) is 0 Å². The number of ether oxygens (including phenoxy) is 1. The fourth-order valence-electron chi connectivity index (χ4n) is 4.93. The standard InChI is InChI=1S/C20H22N2O3/c1-21-8-6-15-14-4-2-3-5-16(14)22-18(23)11-12(10-17(21)19(15)22)13-7-9-25-20(13)24/h2-5,7,12,17-18,23H,6,8-11H2,1H3. The molecule has 5 nitrogen and oxygen atoms in total. The van der Waals surface area contributed by atoms with Gasteiger partial charge in [0.05, 0.1) is 11.6 Å². The Morgan fingerprint density at radius 3 is 2.88 bits per heavy atom. The molecule has 0 radical (unpaired) electrons. The lowest BCUT2D eigenvalue weighted by molar-refractivity contribution is -0.136. The number of fused-ring (bicyclic) bond motifs is 3. The Balaban J connectivity index is 1.69. The van der Waals surface area contributed by atoms with Crippen LogP contribution in [0.3, 0.4) is 0 Å². The lowest BCUT2D eigenvalue weighted by Gasteiger charge is -2.34. The number of aromatic nitrogens is 1. The van der Waals surface area contributed by atoms with Gasteiger partial charge in [-0.2, -0.15) is 0 Å². The first-order valence-corrected chi connectivity index (χ1v) is 9.02. The molecule has 1 aromatic carbocycles. The maximum atomic E-state index is 12.1. The van der Waals surface area contributed by atoms with E-state index >= 15 is 0 Å². The molecule has 0 bridgehead atoms. The third kappa shape index (κ3) is 2.12. The minimum absolute atomic E-state index is 0.0297. The summed E-state index contributed by atoms with van der Waals surface area (Å²) in [5, 5.41) is 12.3. The van der Waals surface area contributed by atoms with Crippen molar-refractivity contribution < 1.29 is 14.6 Å². The molecule has 0 spiro atoms. The number of nitrogens with zero attached hydrogens (tertiary/aromatic N) is 2. The van der Waals surface area contributed by atoms with E-state index in [-0.39, 0.29) is 17.9 Å². The Labute approximate surface area is 146 Å². The molecule has 5 rings (SSSR count). The summed E-state index contributed by atoms with van der Waals surface area (Å²) in [4.78, 5) is 14.4. The molecule has 3 aliphatic rings. The zero-order valence-electron chi connectivity index (χ0n) is 14.3.